The van der Waals surface area contributed by atoms with Crippen molar-refractivity contribution in [3.8, 4) is 11.1 Å². The molecule has 3 nitrogen and oxygen atoms in total. The summed E-state index contributed by atoms with van der Waals surface area (Å²) >= 11 is 0. The molecule has 0 bridgehead atoms. The van der Waals surface area contributed by atoms with Crippen LogP contribution >= 0.6 is 0 Å². The minimum atomic E-state index is 0.0594. The Kier molecular flexibility index (Phi) is 4.42. The largest absolute Gasteiger partial charge is 0.377 e. The fraction of sp³-hybridized carbons (Fsp3) is 0.294. The van der Waals surface area contributed by atoms with E-state index in [1.54, 1.807) is 12.1 Å². The van der Waals surface area contributed by atoms with Gasteiger partial charge in [0.1, 0.15) is 0 Å². The van der Waals surface area contributed by atoms with E-state index in [2.05, 4.69) is 44.2 Å². The lowest BCUT2D eigenvalue weighted by molar-refractivity contribution is 0.120. The lowest BCUT2D eigenvalue weighted by Crippen LogP contribution is -2.24. The predicted octanol–water partition coefficient (Wildman–Crippen LogP) is 3.68. The Morgan fingerprint density at radius 3 is 2.50 bits per heavy atom. The Hall–Kier alpha value is -1.84. The van der Waals surface area contributed by atoms with Crippen molar-refractivity contribution in [3.63, 3.8) is 0 Å². The Morgan fingerprint density at radius 2 is 1.85 bits per heavy atom. The second-order valence-corrected chi connectivity index (χ2v) is 5.08. The van der Waals surface area contributed by atoms with E-state index in [4.69, 9.17) is 10.6 Å². The molecule has 0 aliphatic carbocycles. The van der Waals surface area contributed by atoms with Gasteiger partial charge in [-0.1, -0.05) is 30.3 Å². The van der Waals surface area contributed by atoms with Gasteiger partial charge in [-0.25, -0.2) is 5.84 Å². The molecule has 0 amide bonds. The minimum Gasteiger partial charge on any atom is -0.377 e. The fourth-order valence-corrected chi connectivity index (χ4v) is 2.43. The number of hydrazine groups is 1. The molecule has 0 heterocycles. The summed E-state index contributed by atoms with van der Waals surface area (Å²) < 4.78 is 5.50. The number of hydrogen-bond donors (Lipinski definition) is 1. The maximum absolute atomic E-state index is 5.83. The molecule has 2 N–H and O–H groups in total. The smallest absolute Gasteiger partial charge is 0.0799 e. The molecule has 0 spiro atoms. The van der Waals surface area contributed by atoms with Crippen LogP contribution in [0.4, 0.5) is 5.69 Å². The highest BCUT2D eigenvalue weighted by molar-refractivity contribution is 5.74. The molecule has 3 heteroatoms. The average molecular weight is 270 g/mol. The monoisotopic (exact) mass is 270 g/mol. The van der Waals surface area contributed by atoms with Gasteiger partial charge in [0.25, 0.3) is 0 Å². The first kappa shape index (κ1) is 14.6. The molecule has 0 saturated carbocycles. The van der Waals surface area contributed by atoms with E-state index >= 15 is 0 Å². The Labute approximate surface area is 120 Å². The van der Waals surface area contributed by atoms with Crippen LogP contribution in [0.1, 0.15) is 24.2 Å². The zero-order valence-electron chi connectivity index (χ0n) is 12.6. The lowest BCUT2D eigenvalue weighted by atomic mass is 9.92. The maximum atomic E-state index is 5.83. The van der Waals surface area contributed by atoms with Crippen molar-refractivity contribution in [2.24, 2.45) is 5.84 Å². The summed E-state index contributed by atoms with van der Waals surface area (Å²) in [6, 6.07) is 14.6. The first-order valence-electron chi connectivity index (χ1n) is 6.75. The van der Waals surface area contributed by atoms with Crippen LogP contribution in [-0.4, -0.2) is 14.2 Å². The Balaban J connectivity index is 2.59. The van der Waals surface area contributed by atoms with Gasteiger partial charge in [0, 0.05) is 14.2 Å². The van der Waals surface area contributed by atoms with Crippen molar-refractivity contribution in [1.29, 1.82) is 0 Å². The van der Waals surface area contributed by atoms with Crippen molar-refractivity contribution in [3.05, 3.63) is 53.6 Å². The summed E-state index contributed by atoms with van der Waals surface area (Å²) in [6.07, 6.45) is 0.0594. The van der Waals surface area contributed by atoms with Crippen LogP contribution in [0, 0.1) is 6.92 Å². The number of hydrogen-bond acceptors (Lipinski definition) is 3. The normalized spacial score (nSPS) is 12.2. The van der Waals surface area contributed by atoms with Crippen LogP contribution in [0.5, 0.6) is 0 Å². The van der Waals surface area contributed by atoms with Crippen LogP contribution in [0.2, 0.25) is 0 Å². The van der Waals surface area contributed by atoms with Crippen LogP contribution in [0.3, 0.4) is 0 Å². The molecule has 106 valence electrons. The molecule has 2 aromatic rings. The van der Waals surface area contributed by atoms with Gasteiger partial charge in [-0.05, 0) is 48.2 Å². The molecule has 1 unspecified atom stereocenters. The number of anilines is 1. The molecule has 2 rings (SSSR count). The van der Waals surface area contributed by atoms with E-state index in [-0.39, 0.29) is 6.10 Å². The maximum Gasteiger partial charge on any atom is 0.0799 e. The molecule has 0 radical (unpaired) electrons. The standard InChI is InChI=1S/C17H22N2O/c1-12-7-5-10-16(13(2)20-4)17(12)14-8-6-9-15(11-14)19(3)18/h5-11,13H,18H2,1-4H3. The quantitative estimate of drug-likeness (QED) is 0.680. The molecular formula is C17H22N2O. The molecule has 2 aromatic carbocycles. The van der Waals surface area contributed by atoms with Gasteiger partial charge in [0.15, 0.2) is 0 Å². The van der Waals surface area contributed by atoms with Crippen molar-refractivity contribution < 1.29 is 4.74 Å². The summed E-state index contributed by atoms with van der Waals surface area (Å²) in [4.78, 5) is 0. The third kappa shape index (κ3) is 2.84. The summed E-state index contributed by atoms with van der Waals surface area (Å²) in [5.74, 6) is 5.83. The zero-order chi connectivity index (χ0) is 14.7. The van der Waals surface area contributed by atoms with Gasteiger partial charge in [0.05, 0.1) is 11.8 Å². The van der Waals surface area contributed by atoms with Crippen LogP contribution < -0.4 is 10.9 Å². The molecule has 1 atom stereocenters. The van der Waals surface area contributed by atoms with Gasteiger partial charge < -0.3 is 9.75 Å². The molecule has 20 heavy (non-hydrogen) atoms. The number of rotatable bonds is 4. The second-order valence-electron chi connectivity index (χ2n) is 5.08. The number of methoxy groups -OCH3 is 1. The Morgan fingerprint density at radius 1 is 1.15 bits per heavy atom. The van der Waals surface area contributed by atoms with Crippen molar-refractivity contribution in [2.75, 3.05) is 19.2 Å². The molecule has 0 aliphatic heterocycles. The van der Waals surface area contributed by atoms with Crippen molar-refractivity contribution in [2.45, 2.75) is 20.0 Å². The molecular weight excluding hydrogens is 248 g/mol. The third-order valence-corrected chi connectivity index (χ3v) is 3.64. The lowest BCUT2D eigenvalue weighted by Gasteiger charge is -2.19. The van der Waals surface area contributed by atoms with Crippen molar-refractivity contribution in [1.82, 2.24) is 0 Å². The topological polar surface area (TPSA) is 38.5 Å². The van der Waals surface area contributed by atoms with Gasteiger partial charge in [-0.3, -0.25) is 0 Å². The molecule has 0 aromatic heterocycles. The second kappa shape index (κ2) is 6.07. The van der Waals surface area contributed by atoms with E-state index in [0.717, 1.165) is 11.3 Å². The van der Waals surface area contributed by atoms with Crippen molar-refractivity contribution >= 4 is 5.69 Å². The van der Waals surface area contributed by atoms with Crippen LogP contribution in [-0.2, 0) is 4.74 Å². The average Bonchev–Trinajstić information content (AvgIpc) is 2.46. The summed E-state index contributed by atoms with van der Waals surface area (Å²) in [5.41, 5.74) is 5.82. The summed E-state index contributed by atoms with van der Waals surface area (Å²) in [7, 11) is 3.58. The summed E-state index contributed by atoms with van der Waals surface area (Å²) in [5, 5.41) is 1.63. The van der Waals surface area contributed by atoms with E-state index in [0.29, 0.717) is 0 Å². The number of ether oxygens (including phenoxy) is 1. The van der Waals surface area contributed by atoms with Crippen LogP contribution in [0.15, 0.2) is 42.5 Å². The van der Waals surface area contributed by atoms with Gasteiger partial charge in [0.2, 0.25) is 0 Å². The molecule has 0 saturated heterocycles. The minimum absolute atomic E-state index is 0.0594. The van der Waals surface area contributed by atoms with E-state index < -0.39 is 0 Å². The number of aryl methyl sites for hydroxylation is 1. The van der Waals surface area contributed by atoms with Gasteiger partial charge in [-0.2, -0.15) is 0 Å². The first-order chi connectivity index (χ1) is 9.54. The van der Waals surface area contributed by atoms with E-state index in [9.17, 15) is 0 Å². The van der Waals surface area contributed by atoms with Crippen LogP contribution in [0.25, 0.3) is 11.1 Å². The molecule has 0 fully saturated rings. The van der Waals surface area contributed by atoms with E-state index in [1.165, 1.54) is 16.7 Å². The van der Waals surface area contributed by atoms with Gasteiger partial charge in [-0.15, -0.1) is 0 Å². The number of nitrogens with two attached hydrogens (primary N) is 1. The number of benzene rings is 2. The van der Waals surface area contributed by atoms with E-state index in [1.807, 2.05) is 19.2 Å². The first-order valence-corrected chi connectivity index (χ1v) is 6.75. The third-order valence-electron chi connectivity index (χ3n) is 3.64. The SMILES string of the molecule is COC(C)c1cccc(C)c1-c1cccc(N(C)N)c1. The number of nitrogens with zero attached hydrogens (tertiary/aromatic N) is 1. The summed E-state index contributed by atoms with van der Waals surface area (Å²) in [6.45, 7) is 4.19. The Bertz CT molecular complexity index is 593. The molecule has 0 aliphatic rings. The van der Waals surface area contributed by atoms with Gasteiger partial charge >= 0.3 is 0 Å². The highest BCUT2D eigenvalue weighted by Gasteiger charge is 2.14. The highest BCUT2D eigenvalue weighted by atomic mass is 16.5. The predicted molar refractivity (Wildman–Crippen MR) is 84.6 cm³/mol. The fourth-order valence-electron chi connectivity index (χ4n) is 2.43. The zero-order valence-corrected chi connectivity index (χ0v) is 12.6. The highest BCUT2D eigenvalue weighted by Crippen LogP contribution is 2.33.